The van der Waals surface area contributed by atoms with Crippen molar-refractivity contribution in [3.05, 3.63) is 191 Å². The van der Waals surface area contributed by atoms with E-state index in [1.807, 2.05) is 12.1 Å². The van der Waals surface area contributed by atoms with Gasteiger partial charge in [0.15, 0.2) is 23.0 Å². The molecule has 1 aliphatic rings. The van der Waals surface area contributed by atoms with Crippen molar-refractivity contribution in [2.75, 3.05) is 0 Å². The molecule has 0 unspecified atom stereocenters. The molecule has 0 aliphatic heterocycles. The van der Waals surface area contributed by atoms with Gasteiger partial charge in [0.05, 0.1) is 22.3 Å². The lowest BCUT2D eigenvalue weighted by atomic mass is 9.65. The zero-order valence-corrected chi connectivity index (χ0v) is 29.3. The normalized spacial score (nSPS) is 13.3. The molecule has 8 nitrogen and oxygen atoms in total. The van der Waals surface area contributed by atoms with Crippen LogP contribution in [0.25, 0.3) is 0 Å². The quantitative estimate of drug-likeness (QED) is 0.102. The third kappa shape index (κ3) is 7.98. The standard InChI is InChI=1S/C46H36O8/c47-42(32-16-6-1-7-17-32)51-38-26-24-36(30-40(38)53-44(49)34-20-10-3-11-21-34)46(28-14-5-15-29-46)37-25-27-39(52-43(48)33-18-8-2-9-19-33)41(31-37)54-45(50)35-22-12-4-13-23-35/h1-4,6-13,16-27,30-31H,5,14-15,28-29H2. The Labute approximate surface area is 312 Å². The van der Waals surface area contributed by atoms with E-state index in [1.165, 1.54) is 0 Å². The summed E-state index contributed by atoms with van der Waals surface area (Å²) < 4.78 is 23.6. The number of carbonyl (C=O) groups excluding carboxylic acids is 4. The fourth-order valence-corrected chi connectivity index (χ4v) is 6.77. The van der Waals surface area contributed by atoms with Gasteiger partial charge in [-0.1, -0.05) is 104 Å². The number of esters is 4. The van der Waals surface area contributed by atoms with Crippen LogP contribution in [0, 0.1) is 0 Å². The number of carbonyl (C=O) groups is 4. The first-order valence-electron chi connectivity index (χ1n) is 17.8. The summed E-state index contributed by atoms with van der Waals surface area (Å²) in [6.45, 7) is 0. The second-order valence-corrected chi connectivity index (χ2v) is 13.0. The highest BCUT2D eigenvalue weighted by Gasteiger charge is 2.38. The molecule has 0 amide bonds. The van der Waals surface area contributed by atoms with E-state index in [4.69, 9.17) is 18.9 Å². The lowest BCUT2D eigenvalue weighted by molar-refractivity contribution is 0.0681. The zero-order chi connectivity index (χ0) is 37.3. The van der Waals surface area contributed by atoms with Crippen LogP contribution in [-0.4, -0.2) is 23.9 Å². The molecular formula is C46H36O8. The van der Waals surface area contributed by atoms with Crippen molar-refractivity contribution in [3.63, 3.8) is 0 Å². The molecule has 0 heterocycles. The van der Waals surface area contributed by atoms with Crippen LogP contribution in [0.3, 0.4) is 0 Å². The van der Waals surface area contributed by atoms with E-state index in [1.54, 1.807) is 146 Å². The van der Waals surface area contributed by atoms with Crippen molar-refractivity contribution >= 4 is 23.9 Å². The predicted molar refractivity (Wildman–Crippen MR) is 202 cm³/mol. The average molecular weight is 717 g/mol. The van der Waals surface area contributed by atoms with Crippen molar-refractivity contribution < 1.29 is 38.1 Å². The largest absolute Gasteiger partial charge is 0.419 e. The first-order chi connectivity index (χ1) is 26.4. The Balaban J connectivity index is 1.30. The van der Waals surface area contributed by atoms with E-state index >= 15 is 0 Å². The molecular weight excluding hydrogens is 680 g/mol. The molecule has 268 valence electrons. The maximum Gasteiger partial charge on any atom is 0.343 e. The molecule has 0 spiro atoms. The first kappa shape index (κ1) is 35.6. The summed E-state index contributed by atoms with van der Waals surface area (Å²) in [6, 6.07) is 44.8. The monoisotopic (exact) mass is 716 g/mol. The highest BCUT2D eigenvalue weighted by molar-refractivity contribution is 5.94. The van der Waals surface area contributed by atoms with E-state index in [0.29, 0.717) is 22.3 Å². The average Bonchev–Trinajstić information content (AvgIpc) is 3.23. The van der Waals surface area contributed by atoms with Gasteiger partial charge in [-0.2, -0.15) is 0 Å². The molecule has 1 saturated carbocycles. The maximum absolute atomic E-state index is 13.4. The second-order valence-electron chi connectivity index (χ2n) is 13.0. The van der Waals surface area contributed by atoms with Gasteiger partial charge in [0, 0.05) is 5.41 Å². The van der Waals surface area contributed by atoms with Crippen LogP contribution in [0.4, 0.5) is 0 Å². The number of ether oxygens (including phenoxy) is 4. The van der Waals surface area contributed by atoms with Gasteiger partial charge >= 0.3 is 23.9 Å². The highest BCUT2D eigenvalue weighted by Crippen LogP contribution is 2.49. The maximum atomic E-state index is 13.4. The van der Waals surface area contributed by atoms with Crippen LogP contribution in [0.5, 0.6) is 23.0 Å². The summed E-state index contributed by atoms with van der Waals surface area (Å²) >= 11 is 0. The van der Waals surface area contributed by atoms with E-state index in [2.05, 4.69) is 0 Å². The van der Waals surface area contributed by atoms with Gasteiger partial charge in [0.1, 0.15) is 0 Å². The Morgan fingerprint density at radius 1 is 0.352 bits per heavy atom. The minimum absolute atomic E-state index is 0.0831. The minimum Gasteiger partial charge on any atom is -0.419 e. The van der Waals surface area contributed by atoms with Crippen LogP contribution >= 0.6 is 0 Å². The van der Waals surface area contributed by atoms with Crippen LogP contribution in [0.2, 0.25) is 0 Å². The molecule has 6 aromatic rings. The van der Waals surface area contributed by atoms with Crippen LogP contribution in [0.15, 0.2) is 158 Å². The van der Waals surface area contributed by atoms with Crippen LogP contribution in [0.1, 0.15) is 84.7 Å². The molecule has 0 N–H and O–H groups in total. The number of hydrogen-bond donors (Lipinski definition) is 0. The lowest BCUT2D eigenvalue weighted by Gasteiger charge is -2.39. The molecule has 0 saturated heterocycles. The number of rotatable bonds is 10. The number of hydrogen-bond acceptors (Lipinski definition) is 8. The predicted octanol–water partition coefficient (Wildman–Crippen LogP) is 9.81. The van der Waals surface area contributed by atoms with Gasteiger partial charge in [-0.05, 0) is 96.8 Å². The fourth-order valence-electron chi connectivity index (χ4n) is 6.77. The van der Waals surface area contributed by atoms with Crippen LogP contribution in [-0.2, 0) is 5.41 Å². The third-order valence-corrected chi connectivity index (χ3v) is 9.55. The molecule has 54 heavy (non-hydrogen) atoms. The highest BCUT2D eigenvalue weighted by atomic mass is 16.6. The smallest absolute Gasteiger partial charge is 0.343 e. The van der Waals surface area contributed by atoms with Crippen molar-refractivity contribution in [1.29, 1.82) is 0 Å². The van der Waals surface area contributed by atoms with E-state index in [0.717, 1.165) is 43.2 Å². The Morgan fingerprint density at radius 3 is 0.963 bits per heavy atom. The van der Waals surface area contributed by atoms with E-state index < -0.39 is 29.3 Å². The molecule has 1 aliphatic carbocycles. The fraction of sp³-hybridized carbons (Fsp3) is 0.130. The van der Waals surface area contributed by atoms with Crippen molar-refractivity contribution in [2.24, 2.45) is 0 Å². The summed E-state index contributed by atoms with van der Waals surface area (Å²) in [7, 11) is 0. The Hall–Kier alpha value is -6.80. The van der Waals surface area contributed by atoms with Crippen molar-refractivity contribution in [3.8, 4) is 23.0 Å². The zero-order valence-electron chi connectivity index (χ0n) is 29.3. The summed E-state index contributed by atoms with van der Waals surface area (Å²) in [6.07, 6.45) is 4.25. The summed E-state index contributed by atoms with van der Waals surface area (Å²) in [5.41, 5.74) is 2.35. The Kier molecular flexibility index (Phi) is 10.7. The van der Waals surface area contributed by atoms with Gasteiger partial charge in [0.2, 0.25) is 0 Å². The van der Waals surface area contributed by atoms with Gasteiger partial charge in [-0.3, -0.25) is 0 Å². The van der Waals surface area contributed by atoms with Gasteiger partial charge < -0.3 is 18.9 Å². The SMILES string of the molecule is O=C(Oc1ccc(C2(c3ccc(OC(=O)c4ccccc4)c(OC(=O)c4ccccc4)c3)CCCCC2)cc1OC(=O)c1ccccc1)c1ccccc1. The Bertz CT molecular complexity index is 2110. The van der Waals surface area contributed by atoms with Gasteiger partial charge in [-0.25, -0.2) is 19.2 Å². The molecule has 7 rings (SSSR count). The molecule has 6 aromatic carbocycles. The van der Waals surface area contributed by atoms with Gasteiger partial charge in [-0.15, -0.1) is 0 Å². The molecule has 0 atom stereocenters. The number of benzene rings is 6. The van der Waals surface area contributed by atoms with E-state index in [9.17, 15) is 19.2 Å². The molecule has 1 fully saturated rings. The first-order valence-corrected chi connectivity index (χ1v) is 17.8. The topological polar surface area (TPSA) is 105 Å². The summed E-state index contributed by atoms with van der Waals surface area (Å²) in [5, 5.41) is 0. The van der Waals surface area contributed by atoms with Crippen LogP contribution < -0.4 is 18.9 Å². The Morgan fingerprint density at radius 2 is 0.648 bits per heavy atom. The molecule has 8 heteroatoms. The van der Waals surface area contributed by atoms with Crippen molar-refractivity contribution in [1.82, 2.24) is 0 Å². The van der Waals surface area contributed by atoms with E-state index in [-0.39, 0.29) is 23.0 Å². The van der Waals surface area contributed by atoms with Crippen molar-refractivity contribution in [2.45, 2.75) is 37.5 Å². The summed E-state index contributed by atoms with van der Waals surface area (Å²) in [5.74, 6) is -2.08. The lowest BCUT2D eigenvalue weighted by Crippen LogP contribution is -2.31. The third-order valence-electron chi connectivity index (χ3n) is 9.55. The minimum atomic E-state index is -0.635. The second kappa shape index (κ2) is 16.3. The molecule has 0 aromatic heterocycles. The summed E-state index contributed by atoms with van der Waals surface area (Å²) in [4.78, 5) is 53.2. The molecule has 0 bridgehead atoms. The molecule has 0 radical (unpaired) electrons. The van der Waals surface area contributed by atoms with Gasteiger partial charge in [0.25, 0.3) is 0 Å².